The Kier molecular flexibility index (Phi) is 5.12. The van der Waals surface area contributed by atoms with Crippen LogP contribution in [0.25, 0.3) is 28.2 Å². The maximum Gasteiger partial charge on any atom is 0.171 e. The molecule has 0 aliphatic carbocycles. The first-order valence-electron chi connectivity index (χ1n) is 8.99. The molecule has 144 valence electrons. The van der Waals surface area contributed by atoms with Gasteiger partial charge in [-0.05, 0) is 24.1 Å². The lowest BCUT2D eigenvalue weighted by atomic mass is 10.0. The second kappa shape index (κ2) is 7.87. The van der Waals surface area contributed by atoms with E-state index in [1.54, 1.807) is 48.5 Å². The summed E-state index contributed by atoms with van der Waals surface area (Å²) in [5.74, 6) is -5.72. The van der Waals surface area contributed by atoms with E-state index in [1.165, 1.54) is 12.1 Å². The standard InChI is InChI=1S/C24H15F4N/c25-21-17(11-6-9-15-7-2-1-3-8-15)22(26)24(28)20(23(21)27)19-14-13-16-10-4-5-12-18(16)29-19/h1-10,12-14H,11H2/b9-6+. The van der Waals surface area contributed by atoms with Crippen LogP contribution in [-0.4, -0.2) is 4.98 Å². The van der Waals surface area contributed by atoms with Crippen LogP contribution in [0.15, 0.2) is 72.8 Å². The van der Waals surface area contributed by atoms with Crippen LogP contribution in [0.2, 0.25) is 0 Å². The van der Waals surface area contributed by atoms with Crippen molar-refractivity contribution >= 4 is 17.0 Å². The molecular formula is C24H15F4N. The fourth-order valence-electron chi connectivity index (χ4n) is 3.16. The Hall–Kier alpha value is -3.47. The monoisotopic (exact) mass is 393 g/mol. The molecule has 1 nitrogen and oxygen atoms in total. The molecule has 0 spiro atoms. The van der Waals surface area contributed by atoms with Gasteiger partial charge in [-0.2, -0.15) is 0 Å². The highest BCUT2D eigenvalue weighted by atomic mass is 19.2. The van der Waals surface area contributed by atoms with Crippen molar-refractivity contribution in [2.24, 2.45) is 0 Å². The number of halogens is 4. The molecule has 0 radical (unpaired) electrons. The molecule has 0 aliphatic heterocycles. The number of aromatic nitrogens is 1. The van der Waals surface area contributed by atoms with Crippen LogP contribution < -0.4 is 0 Å². The van der Waals surface area contributed by atoms with Crippen molar-refractivity contribution in [3.8, 4) is 11.3 Å². The topological polar surface area (TPSA) is 12.9 Å². The number of para-hydroxylation sites is 1. The van der Waals surface area contributed by atoms with Gasteiger partial charge < -0.3 is 0 Å². The van der Waals surface area contributed by atoms with Crippen LogP contribution >= 0.6 is 0 Å². The lowest BCUT2D eigenvalue weighted by molar-refractivity contribution is 0.446. The minimum Gasteiger partial charge on any atom is -0.248 e. The molecule has 5 heteroatoms. The summed E-state index contributed by atoms with van der Waals surface area (Å²) in [7, 11) is 0. The summed E-state index contributed by atoms with van der Waals surface area (Å²) in [6.45, 7) is 0. The number of allylic oxidation sites excluding steroid dienone is 1. The minimum absolute atomic E-state index is 0.164. The zero-order chi connectivity index (χ0) is 20.4. The van der Waals surface area contributed by atoms with Crippen molar-refractivity contribution in [2.75, 3.05) is 0 Å². The van der Waals surface area contributed by atoms with Gasteiger partial charge in [-0.3, -0.25) is 0 Å². The van der Waals surface area contributed by atoms with E-state index < -0.39 is 34.4 Å². The third-order valence-corrected chi connectivity index (χ3v) is 4.64. The van der Waals surface area contributed by atoms with Gasteiger partial charge in [0.1, 0.15) is 0 Å². The molecule has 0 amide bonds. The van der Waals surface area contributed by atoms with Crippen molar-refractivity contribution in [2.45, 2.75) is 6.42 Å². The van der Waals surface area contributed by atoms with Crippen molar-refractivity contribution in [3.05, 3.63) is 107 Å². The van der Waals surface area contributed by atoms with E-state index in [4.69, 9.17) is 0 Å². The second-order valence-electron chi connectivity index (χ2n) is 6.52. The summed E-state index contributed by atoms with van der Waals surface area (Å²) in [5, 5.41) is 0.751. The van der Waals surface area contributed by atoms with Gasteiger partial charge in [-0.25, -0.2) is 22.5 Å². The van der Waals surface area contributed by atoms with E-state index in [2.05, 4.69) is 4.98 Å². The average Bonchev–Trinajstić information content (AvgIpc) is 2.75. The molecule has 0 atom stereocenters. The fourth-order valence-corrected chi connectivity index (χ4v) is 3.16. The first kappa shape index (κ1) is 18.9. The van der Waals surface area contributed by atoms with E-state index in [0.717, 1.165) is 10.9 Å². The number of nitrogens with zero attached hydrogens (tertiary/aromatic N) is 1. The SMILES string of the molecule is Fc1c(F)c(-c2ccc3ccccc3n2)c(F)c(F)c1C/C=C/c1ccccc1. The normalized spacial score (nSPS) is 11.4. The van der Waals surface area contributed by atoms with E-state index in [1.807, 2.05) is 18.2 Å². The Labute approximate surface area is 165 Å². The molecule has 29 heavy (non-hydrogen) atoms. The Morgan fingerprint density at radius 2 is 1.34 bits per heavy atom. The lowest BCUT2D eigenvalue weighted by Gasteiger charge is -2.11. The lowest BCUT2D eigenvalue weighted by Crippen LogP contribution is -2.06. The van der Waals surface area contributed by atoms with Gasteiger partial charge in [0.15, 0.2) is 23.3 Å². The molecule has 1 aromatic heterocycles. The number of fused-ring (bicyclic) bond motifs is 1. The first-order valence-corrected chi connectivity index (χ1v) is 8.99. The maximum atomic E-state index is 14.7. The van der Waals surface area contributed by atoms with Crippen molar-refractivity contribution in [1.29, 1.82) is 0 Å². The molecule has 1 heterocycles. The number of hydrogen-bond donors (Lipinski definition) is 0. The summed E-state index contributed by atoms with van der Waals surface area (Å²) in [4.78, 5) is 4.15. The Bertz CT molecular complexity index is 1190. The van der Waals surface area contributed by atoms with Crippen LogP contribution in [-0.2, 0) is 6.42 Å². The Balaban J connectivity index is 1.74. The Morgan fingerprint density at radius 1 is 0.690 bits per heavy atom. The number of rotatable bonds is 4. The smallest absolute Gasteiger partial charge is 0.171 e. The highest BCUT2D eigenvalue weighted by Gasteiger charge is 2.26. The van der Waals surface area contributed by atoms with Crippen LogP contribution in [0, 0.1) is 23.3 Å². The maximum absolute atomic E-state index is 14.7. The van der Waals surface area contributed by atoms with E-state index in [0.29, 0.717) is 5.52 Å². The number of pyridine rings is 1. The molecule has 0 saturated heterocycles. The van der Waals surface area contributed by atoms with E-state index >= 15 is 0 Å². The summed E-state index contributed by atoms with van der Waals surface area (Å²) in [6.07, 6.45) is 2.81. The quantitative estimate of drug-likeness (QED) is 0.277. The summed E-state index contributed by atoms with van der Waals surface area (Å²) in [6, 6.07) is 19.0. The second-order valence-corrected chi connectivity index (χ2v) is 6.52. The summed E-state index contributed by atoms with van der Waals surface area (Å²) in [5.41, 5.74) is -0.341. The molecule has 0 aliphatic rings. The average molecular weight is 393 g/mol. The van der Waals surface area contributed by atoms with Crippen molar-refractivity contribution in [3.63, 3.8) is 0 Å². The number of hydrogen-bond acceptors (Lipinski definition) is 1. The first-order chi connectivity index (χ1) is 14.1. The largest absolute Gasteiger partial charge is 0.248 e. The Morgan fingerprint density at radius 3 is 2.07 bits per heavy atom. The van der Waals surface area contributed by atoms with Gasteiger partial charge in [0.05, 0.1) is 16.8 Å². The summed E-state index contributed by atoms with van der Waals surface area (Å²) >= 11 is 0. The highest BCUT2D eigenvalue weighted by molar-refractivity contribution is 5.81. The van der Waals surface area contributed by atoms with Crippen molar-refractivity contribution < 1.29 is 17.6 Å². The highest BCUT2D eigenvalue weighted by Crippen LogP contribution is 2.32. The molecule has 4 rings (SSSR count). The van der Waals surface area contributed by atoms with Crippen LogP contribution in [0.5, 0.6) is 0 Å². The minimum atomic E-state index is -1.45. The van der Waals surface area contributed by atoms with Gasteiger partial charge in [0, 0.05) is 10.9 Å². The molecule has 0 bridgehead atoms. The molecule has 4 aromatic rings. The summed E-state index contributed by atoms with van der Waals surface area (Å²) < 4.78 is 58.6. The zero-order valence-electron chi connectivity index (χ0n) is 15.2. The molecule has 3 aromatic carbocycles. The molecule has 0 saturated carbocycles. The van der Waals surface area contributed by atoms with Crippen LogP contribution in [0.4, 0.5) is 17.6 Å². The van der Waals surface area contributed by atoms with E-state index in [-0.39, 0.29) is 12.1 Å². The molecule has 0 fully saturated rings. The van der Waals surface area contributed by atoms with Gasteiger partial charge >= 0.3 is 0 Å². The third kappa shape index (κ3) is 3.63. The van der Waals surface area contributed by atoms with Gasteiger partial charge in [0.2, 0.25) is 0 Å². The molecule has 0 N–H and O–H groups in total. The molecule has 0 unspecified atom stereocenters. The van der Waals surface area contributed by atoms with E-state index in [9.17, 15) is 17.6 Å². The predicted molar refractivity (Wildman–Crippen MR) is 106 cm³/mol. The van der Waals surface area contributed by atoms with Crippen LogP contribution in [0.1, 0.15) is 11.1 Å². The third-order valence-electron chi connectivity index (χ3n) is 4.64. The molecular weight excluding hydrogens is 378 g/mol. The van der Waals surface area contributed by atoms with Gasteiger partial charge in [-0.1, -0.05) is 66.7 Å². The van der Waals surface area contributed by atoms with Gasteiger partial charge in [0.25, 0.3) is 0 Å². The van der Waals surface area contributed by atoms with Crippen LogP contribution in [0.3, 0.4) is 0 Å². The van der Waals surface area contributed by atoms with Crippen molar-refractivity contribution in [1.82, 2.24) is 4.98 Å². The number of benzene rings is 3. The zero-order valence-corrected chi connectivity index (χ0v) is 15.2. The van der Waals surface area contributed by atoms with Gasteiger partial charge in [-0.15, -0.1) is 0 Å². The predicted octanol–water partition coefficient (Wildman–Crippen LogP) is 6.71. The fraction of sp³-hybridized carbons (Fsp3) is 0.0417.